The first kappa shape index (κ1) is 14.5. The fourth-order valence-electron chi connectivity index (χ4n) is 2.78. The Morgan fingerprint density at radius 1 is 1.37 bits per heavy atom. The molecular weight excluding hydrogens is 239 g/mol. The van der Waals surface area contributed by atoms with Crippen LogP contribution in [0.5, 0.6) is 0 Å². The van der Waals surface area contributed by atoms with Gasteiger partial charge in [-0.2, -0.15) is 0 Å². The Kier molecular flexibility index (Phi) is 4.58. The van der Waals surface area contributed by atoms with Gasteiger partial charge in [-0.15, -0.1) is 0 Å². The highest BCUT2D eigenvalue weighted by molar-refractivity contribution is 5.19. The van der Waals surface area contributed by atoms with Gasteiger partial charge in [-0.25, -0.2) is 4.39 Å². The summed E-state index contributed by atoms with van der Waals surface area (Å²) in [6, 6.07) is 7.26. The number of nitrogens with one attached hydrogen (secondary N) is 1. The number of rotatable bonds is 3. The van der Waals surface area contributed by atoms with Crippen molar-refractivity contribution >= 4 is 0 Å². The predicted octanol–water partition coefficient (Wildman–Crippen LogP) is 3.35. The van der Waals surface area contributed by atoms with Crippen molar-refractivity contribution in [1.29, 1.82) is 0 Å². The smallest absolute Gasteiger partial charge is 0.123 e. The minimum absolute atomic E-state index is 0.160. The first-order chi connectivity index (χ1) is 9.04. The molecule has 1 aromatic rings. The largest absolute Gasteiger partial charge is 0.310 e. The summed E-state index contributed by atoms with van der Waals surface area (Å²) in [6.45, 7) is 9.97. The van der Waals surface area contributed by atoms with Crippen LogP contribution in [0.2, 0.25) is 0 Å². The van der Waals surface area contributed by atoms with Crippen molar-refractivity contribution in [2.45, 2.75) is 45.2 Å². The van der Waals surface area contributed by atoms with Crippen LogP contribution in [0.15, 0.2) is 24.3 Å². The Morgan fingerprint density at radius 3 is 2.68 bits per heavy atom. The zero-order valence-corrected chi connectivity index (χ0v) is 12.2. The van der Waals surface area contributed by atoms with Gasteiger partial charge >= 0.3 is 0 Å². The molecule has 1 fully saturated rings. The molecule has 2 nitrogen and oxygen atoms in total. The minimum atomic E-state index is -0.160. The molecule has 3 heteroatoms. The minimum Gasteiger partial charge on any atom is -0.310 e. The van der Waals surface area contributed by atoms with Crippen molar-refractivity contribution in [2.24, 2.45) is 0 Å². The highest BCUT2D eigenvalue weighted by atomic mass is 19.1. The summed E-state index contributed by atoms with van der Waals surface area (Å²) in [4.78, 5) is 2.51. The van der Waals surface area contributed by atoms with Crippen LogP contribution >= 0.6 is 0 Å². The third-order valence-corrected chi connectivity index (χ3v) is 4.41. The summed E-state index contributed by atoms with van der Waals surface area (Å²) >= 11 is 0. The lowest BCUT2D eigenvalue weighted by Crippen LogP contribution is -2.48. The van der Waals surface area contributed by atoms with Gasteiger partial charge in [-0.05, 0) is 50.9 Å². The Balaban J connectivity index is 2.12. The maximum atomic E-state index is 13.0. The van der Waals surface area contributed by atoms with E-state index in [4.69, 9.17) is 0 Å². The van der Waals surface area contributed by atoms with E-state index in [0.717, 1.165) is 26.1 Å². The summed E-state index contributed by atoms with van der Waals surface area (Å²) < 4.78 is 13.0. The average molecular weight is 264 g/mol. The van der Waals surface area contributed by atoms with Gasteiger partial charge in [0.2, 0.25) is 0 Å². The molecular formula is C16H25FN2. The molecule has 0 saturated carbocycles. The van der Waals surface area contributed by atoms with Gasteiger partial charge in [-0.1, -0.05) is 19.1 Å². The maximum absolute atomic E-state index is 13.0. The van der Waals surface area contributed by atoms with E-state index in [1.54, 1.807) is 12.1 Å². The van der Waals surface area contributed by atoms with E-state index in [2.05, 4.69) is 31.0 Å². The molecule has 1 aliphatic rings. The standard InChI is InChI=1S/C16H25FN2/c1-4-16(3)12-19(11-5-10-18-16)13(2)14-6-8-15(17)9-7-14/h6-9,13,18H,4-5,10-12H2,1-3H3. The van der Waals surface area contributed by atoms with E-state index in [-0.39, 0.29) is 11.4 Å². The molecule has 2 unspecified atom stereocenters. The molecule has 0 aliphatic carbocycles. The van der Waals surface area contributed by atoms with Crippen LogP contribution < -0.4 is 5.32 Å². The van der Waals surface area contributed by atoms with Crippen LogP contribution in [0.4, 0.5) is 4.39 Å². The van der Waals surface area contributed by atoms with Crippen molar-refractivity contribution in [3.05, 3.63) is 35.6 Å². The highest BCUT2D eigenvalue weighted by Crippen LogP contribution is 2.25. The molecule has 0 amide bonds. The number of hydrogen-bond acceptors (Lipinski definition) is 2. The van der Waals surface area contributed by atoms with E-state index < -0.39 is 0 Å². The first-order valence-electron chi connectivity index (χ1n) is 7.28. The molecule has 1 aromatic carbocycles. The van der Waals surface area contributed by atoms with Crippen LogP contribution in [-0.2, 0) is 0 Å². The number of hydrogen-bond donors (Lipinski definition) is 1. The second-order valence-corrected chi connectivity index (χ2v) is 5.89. The van der Waals surface area contributed by atoms with Crippen molar-refractivity contribution in [2.75, 3.05) is 19.6 Å². The normalized spacial score (nSPS) is 26.9. The molecule has 106 valence electrons. The SMILES string of the molecule is CCC1(C)CN(C(C)c2ccc(F)cc2)CCCN1. The van der Waals surface area contributed by atoms with Gasteiger partial charge in [-0.3, -0.25) is 4.90 Å². The Hall–Kier alpha value is -0.930. The monoisotopic (exact) mass is 264 g/mol. The van der Waals surface area contributed by atoms with Gasteiger partial charge in [0, 0.05) is 24.7 Å². The summed E-state index contributed by atoms with van der Waals surface area (Å²) in [5, 5.41) is 3.65. The lowest BCUT2D eigenvalue weighted by molar-refractivity contribution is 0.169. The number of halogens is 1. The molecule has 1 heterocycles. The summed E-state index contributed by atoms with van der Waals surface area (Å²) in [5.41, 5.74) is 1.38. The Bertz CT molecular complexity index is 404. The molecule has 0 aromatic heterocycles. The third kappa shape index (κ3) is 3.54. The van der Waals surface area contributed by atoms with Crippen molar-refractivity contribution in [1.82, 2.24) is 10.2 Å². The van der Waals surface area contributed by atoms with Crippen LogP contribution in [0.3, 0.4) is 0 Å². The first-order valence-corrected chi connectivity index (χ1v) is 7.28. The van der Waals surface area contributed by atoms with Gasteiger partial charge in [0.05, 0.1) is 0 Å². The van der Waals surface area contributed by atoms with Crippen molar-refractivity contribution in [3.63, 3.8) is 0 Å². The van der Waals surface area contributed by atoms with Crippen LogP contribution in [0.25, 0.3) is 0 Å². The van der Waals surface area contributed by atoms with E-state index in [1.165, 1.54) is 12.0 Å². The fraction of sp³-hybridized carbons (Fsp3) is 0.625. The summed E-state index contributed by atoms with van der Waals surface area (Å²) in [5.74, 6) is -0.160. The zero-order chi connectivity index (χ0) is 13.9. The molecule has 0 radical (unpaired) electrons. The molecule has 1 N–H and O–H groups in total. The Morgan fingerprint density at radius 2 is 2.05 bits per heavy atom. The van der Waals surface area contributed by atoms with Crippen LogP contribution in [0.1, 0.15) is 45.2 Å². The van der Waals surface area contributed by atoms with Gasteiger partial charge in [0.25, 0.3) is 0 Å². The molecule has 1 aliphatic heterocycles. The molecule has 0 bridgehead atoms. The van der Waals surface area contributed by atoms with Crippen LogP contribution in [0, 0.1) is 5.82 Å². The second kappa shape index (κ2) is 6.02. The third-order valence-electron chi connectivity index (χ3n) is 4.41. The predicted molar refractivity (Wildman–Crippen MR) is 77.7 cm³/mol. The van der Waals surface area contributed by atoms with Crippen LogP contribution in [-0.4, -0.2) is 30.1 Å². The zero-order valence-electron chi connectivity index (χ0n) is 12.2. The Labute approximate surface area is 116 Å². The number of nitrogens with zero attached hydrogens (tertiary/aromatic N) is 1. The van der Waals surface area contributed by atoms with E-state index >= 15 is 0 Å². The fourth-order valence-corrected chi connectivity index (χ4v) is 2.78. The van der Waals surface area contributed by atoms with E-state index in [0.29, 0.717) is 6.04 Å². The van der Waals surface area contributed by atoms with E-state index in [1.807, 2.05) is 12.1 Å². The second-order valence-electron chi connectivity index (χ2n) is 5.89. The maximum Gasteiger partial charge on any atom is 0.123 e. The topological polar surface area (TPSA) is 15.3 Å². The lowest BCUT2D eigenvalue weighted by atomic mass is 9.97. The number of benzene rings is 1. The summed E-state index contributed by atoms with van der Waals surface area (Å²) in [7, 11) is 0. The molecule has 0 spiro atoms. The molecule has 2 rings (SSSR count). The quantitative estimate of drug-likeness (QED) is 0.900. The van der Waals surface area contributed by atoms with E-state index in [9.17, 15) is 4.39 Å². The summed E-state index contributed by atoms with van der Waals surface area (Å²) in [6.07, 6.45) is 2.29. The van der Waals surface area contributed by atoms with Gasteiger partial charge in [0.15, 0.2) is 0 Å². The van der Waals surface area contributed by atoms with Crippen molar-refractivity contribution < 1.29 is 4.39 Å². The van der Waals surface area contributed by atoms with Gasteiger partial charge < -0.3 is 5.32 Å². The molecule has 1 saturated heterocycles. The average Bonchev–Trinajstić information content (AvgIpc) is 2.62. The van der Waals surface area contributed by atoms with Crippen molar-refractivity contribution in [3.8, 4) is 0 Å². The van der Waals surface area contributed by atoms with Gasteiger partial charge in [0.1, 0.15) is 5.82 Å². The molecule has 2 atom stereocenters. The highest BCUT2D eigenvalue weighted by Gasteiger charge is 2.29. The molecule has 19 heavy (non-hydrogen) atoms. The lowest BCUT2D eigenvalue weighted by Gasteiger charge is -2.36.